The molecule has 0 aliphatic heterocycles. The third-order valence-electron chi connectivity index (χ3n) is 1.76. The highest BCUT2D eigenvalue weighted by molar-refractivity contribution is 6.17. The Morgan fingerprint density at radius 1 is 1.35 bits per heavy atom. The highest BCUT2D eigenvalue weighted by atomic mass is 35.5. The van der Waals surface area contributed by atoms with Gasteiger partial charge >= 0.3 is 6.18 Å². The van der Waals surface area contributed by atoms with E-state index >= 15 is 0 Å². The second kappa shape index (κ2) is 6.07. The number of ether oxygens (including phenoxy) is 2. The Morgan fingerprint density at radius 3 is 2.65 bits per heavy atom. The van der Waals surface area contributed by atoms with E-state index < -0.39 is 19.6 Å². The number of rotatable bonds is 5. The van der Waals surface area contributed by atoms with E-state index in [1.807, 2.05) is 0 Å². The second-order valence-electron chi connectivity index (χ2n) is 3.26. The SMILES string of the molecule is Cc1ccc(OCOCC(F)(F)F)c(CCl)n1. The fourth-order valence-corrected chi connectivity index (χ4v) is 1.28. The van der Waals surface area contributed by atoms with Crippen LogP contribution in [0.25, 0.3) is 0 Å². The lowest BCUT2D eigenvalue weighted by Gasteiger charge is -2.11. The van der Waals surface area contributed by atoms with Crippen LogP contribution in [-0.4, -0.2) is 24.6 Å². The molecule has 0 spiro atoms. The van der Waals surface area contributed by atoms with Crippen molar-refractivity contribution in [1.29, 1.82) is 0 Å². The van der Waals surface area contributed by atoms with Crippen LogP contribution in [0.2, 0.25) is 0 Å². The predicted molar refractivity (Wildman–Crippen MR) is 56.0 cm³/mol. The van der Waals surface area contributed by atoms with Gasteiger partial charge in [0.25, 0.3) is 0 Å². The predicted octanol–water partition coefficient (Wildman–Crippen LogP) is 3.04. The summed E-state index contributed by atoms with van der Waals surface area (Å²) in [6.07, 6.45) is -4.36. The molecule has 0 aliphatic carbocycles. The molecule has 0 bridgehead atoms. The van der Waals surface area contributed by atoms with Gasteiger partial charge in [0.05, 0.1) is 11.6 Å². The molecule has 0 saturated heterocycles. The lowest BCUT2D eigenvalue weighted by molar-refractivity contribution is -0.186. The second-order valence-corrected chi connectivity index (χ2v) is 3.52. The average molecular weight is 270 g/mol. The minimum absolute atomic E-state index is 0.121. The van der Waals surface area contributed by atoms with Crippen LogP contribution in [0.4, 0.5) is 13.2 Å². The van der Waals surface area contributed by atoms with Gasteiger partial charge in [0.1, 0.15) is 12.4 Å². The lowest BCUT2D eigenvalue weighted by Crippen LogP contribution is -2.19. The molecule has 0 aromatic carbocycles. The maximum Gasteiger partial charge on any atom is 0.411 e. The van der Waals surface area contributed by atoms with Crippen LogP contribution in [0.3, 0.4) is 0 Å². The number of hydrogen-bond donors (Lipinski definition) is 0. The first-order valence-electron chi connectivity index (χ1n) is 4.72. The molecule has 17 heavy (non-hydrogen) atoms. The molecular formula is C10H11ClF3NO2. The standard InChI is InChI=1S/C10H11ClF3NO2/c1-7-2-3-9(8(4-11)15-7)17-6-16-5-10(12,13)14/h2-3H,4-6H2,1H3. The maximum atomic E-state index is 11.8. The van der Waals surface area contributed by atoms with Crippen molar-refractivity contribution in [2.45, 2.75) is 19.0 Å². The van der Waals surface area contributed by atoms with Crippen molar-refractivity contribution < 1.29 is 22.6 Å². The van der Waals surface area contributed by atoms with Crippen molar-refractivity contribution in [2.24, 2.45) is 0 Å². The van der Waals surface area contributed by atoms with Crippen molar-refractivity contribution in [1.82, 2.24) is 4.98 Å². The topological polar surface area (TPSA) is 31.4 Å². The number of pyridine rings is 1. The van der Waals surface area contributed by atoms with Crippen molar-refractivity contribution >= 4 is 11.6 Å². The van der Waals surface area contributed by atoms with Crippen LogP contribution in [0.1, 0.15) is 11.4 Å². The van der Waals surface area contributed by atoms with Crippen LogP contribution in [0.5, 0.6) is 5.75 Å². The normalized spacial score (nSPS) is 11.6. The molecule has 0 aliphatic rings. The Labute approximate surface area is 102 Å². The van der Waals surface area contributed by atoms with Crippen LogP contribution >= 0.6 is 11.6 Å². The van der Waals surface area contributed by atoms with Gasteiger partial charge in [-0.15, -0.1) is 11.6 Å². The van der Waals surface area contributed by atoms with E-state index in [2.05, 4.69) is 9.72 Å². The van der Waals surface area contributed by atoms with E-state index in [0.717, 1.165) is 5.69 Å². The molecule has 1 aromatic rings. The zero-order valence-electron chi connectivity index (χ0n) is 9.05. The molecule has 0 atom stereocenters. The zero-order valence-corrected chi connectivity index (χ0v) is 9.81. The Bertz CT molecular complexity index is 371. The van der Waals surface area contributed by atoms with Crippen molar-refractivity contribution in [3.8, 4) is 5.75 Å². The lowest BCUT2D eigenvalue weighted by atomic mass is 10.3. The molecule has 96 valence electrons. The van der Waals surface area contributed by atoms with Crippen LogP contribution < -0.4 is 4.74 Å². The molecule has 7 heteroatoms. The van der Waals surface area contributed by atoms with Gasteiger partial charge in [-0.1, -0.05) is 0 Å². The molecular weight excluding hydrogens is 259 g/mol. The van der Waals surface area contributed by atoms with Crippen LogP contribution in [-0.2, 0) is 10.6 Å². The van der Waals surface area contributed by atoms with E-state index in [4.69, 9.17) is 16.3 Å². The van der Waals surface area contributed by atoms with Gasteiger partial charge in [-0.2, -0.15) is 13.2 Å². The highest BCUT2D eigenvalue weighted by Crippen LogP contribution is 2.19. The first-order chi connectivity index (χ1) is 7.92. The van der Waals surface area contributed by atoms with Gasteiger partial charge in [0.2, 0.25) is 0 Å². The van der Waals surface area contributed by atoms with Gasteiger partial charge in [0.15, 0.2) is 6.79 Å². The Morgan fingerprint density at radius 2 is 2.06 bits per heavy atom. The Hall–Kier alpha value is -1.01. The van der Waals surface area contributed by atoms with Crippen LogP contribution in [0, 0.1) is 6.92 Å². The summed E-state index contributed by atoms with van der Waals surface area (Å²) in [7, 11) is 0. The van der Waals surface area contributed by atoms with Gasteiger partial charge < -0.3 is 9.47 Å². The molecule has 1 rings (SSSR count). The summed E-state index contributed by atoms with van der Waals surface area (Å²) < 4.78 is 44.6. The van der Waals surface area contributed by atoms with Crippen LogP contribution in [0.15, 0.2) is 12.1 Å². The Kier molecular flexibility index (Phi) is 5.02. The summed E-state index contributed by atoms with van der Waals surface area (Å²) in [5.41, 5.74) is 1.23. The molecule has 1 aromatic heterocycles. The largest absolute Gasteiger partial charge is 0.466 e. The summed E-state index contributed by atoms with van der Waals surface area (Å²) in [6.45, 7) is -0.0589. The zero-order chi connectivity index (χ0) is 12.9. The molecule has 0 unspecified atom stereocenters. The summed E-state index contributed by atoms with van der Waals surface area (Å²) in [5, 5.41) is 0. The smallest absolute Gasteiger partial charge is 0.411 e. The summed E-state index contributed by atoms with van der Waals surface area (Å²) in [6, 6.07) is 3.27. The number of hydrogen-bond acceptors (Lipinski definition) is 3. The molecule has 0 fully saturated rings. The summed E-state index contributed by atoms with van der Waals surface area (Å²) in [4.78, 5) is 4.08. The maximum absolute atomic E-state index is 11.8. The van der Waals surface area contributed by atoms with E-state index in [1.54, 1.807) is 19.1 Å². The number of halogens is 4. The third kappa shape index (κ3) is 5.23. The summed E-state index contributed by atoms with van der Waals surface area (Å²) >= 11 is 5.63. The van der Waals surface area contributed by atoms with E-state index in [-0.39, 0.29) is 5.88 Å². The fourth-order valence-electron chi connectivity index (χ4n) is 1.09. The molecule has 0 saturated carbocycles. The minimum Gasteiger partial charge on any atom is -0.466 e. The van der Waals surface area contributed by atoms with Gasteiger partial charge in [0, 0.05) is 5.69 Å². The monoisotopic (exact) mass is 269 g/mol. The number of alkyl halides is 4. The molecule has 3 nitrogen and oxygen atoms in total. The third-order valence-corrected chi connectivity index (χ3v) is 2.01. The molecule has 0 radical (unpaired) electrons. The van der Waals surface area contributed by atoms with Gasteiger partial charge in [-0.25, -0.2) is 0 Å². The van der Waals surface area contributed by atoms with E-state index in [1.165, 1.54) is 0 Å². The first-order valence-corrected chi connectivity index (χ1v) is 5.25. The van der Waals surface area contributed by atoms with Crippen molar-refractivity contribution in [3.63, 3.8) is 0 Å². The van der Waals surface area contributed by atoms with E-state index in [9.17, 15) is 13.2 Å². The quantitative estimate of drug-likeness (QED) is 0.468. The molecule has 1 heterocycles. The molecule has 0 N–H and O–H groups in total. The highest BCUT2D eigenvalue weighted by Gasteiger charge is 2.27. The first kappa shape index (κ1) is 14.1. The van der Waals surface area contributed by atoms with Crippen molar-refractivity contribution in [3.05, 3.63) is 23.5 Å². The minimum atomic E-state index is -4.36. The average Bonchev–Trinajstić information content (AvgIpc) is 2.24. The molecule has 0 amide bonds. The summed E-state index contributed by atoms with van der Waals surface area (Å²) in [5.74, 6) is 0.448. The Balaban J connectivity index is 2.46. The fraction of sp³-hybridized carbons (Fsp3) is 0.500. The van der Waals surface area contributed by atoms with Gasteiger partial charge in [-0.3, -0.25) is 4.98 Å². The van der Waals surface area contributed by atoms with Gasteiger partial charge in [-0.05, 0) is 19.1 Å². The van der Waals surface area contributed by atoms with E-state index in [0.29, 0.717) is 11.4 Å². The van der Waals surface area contributed by atoms with Crippen molar-refractivity contribution in [2.75, 3.05) is 13.4 Å². The number of aromatic nitrogens is 1. The number of aryl methyl sites for hydroxylation is 1. The number of nitrogens with zero attached hydrogens (tertiary/aromatic N) is 1.